The third-order valence-electron chi connectivity index (χ3n) is 2.52. The second kappa shape index (κ2) is 7.01. The molecule has 0 aromatic heterocycles. The summed E-state index contributed by atoms with van der Waals surface area (Å²) in [5.74, 6) is -1.59. The third kappa shape index (κ3) is 4.75. The molecule has 0 saturated heterocycles. The fourth-order valence-electron chi connectivity index (χ4n) is 1.42. The lowest BCUT2D eigenvalue weighted by Crippen LogP contribution is -2.12. The molecule has 18 heavy (non-hydrogen) atoms. The largest absolute Gasteiger partial charge is 0.481 e. The summed E-state index contributed by atoms with van der Waals surface area (Å²) in [6.45, 7) is 1.62. The summed E-state index contributed by atoms with van der Waals surface area (Å²) in [4.78, 5) is 23.3. The first-order chi connectivity index (χ1) is 8.52. The first-order valence-electron chi connectivity index (χ1n) is 5.60. The molecule has 0 heterocycles. The molecular formula is C14H16O3S. The lowest BCUT2D eigenvalue weighted by molar-refractivity contribution is -0.139. The summed E-state index contributed by atoms with van der Waals surface area (Å²) >= 11 is 1.66. The van der Waals surface area contributed by atoms with Gasteiger partial charge in [-0.2, -0.15) is 0 Å². The number of benzene rings is 1. The van der Waals surface area contributed by atoms with Crippen LogP contribution in [0.1, 0.15) is 18.9 Å². The van der Waals surface area contributed by atoms with Crippen LogP contribution in [0.2, 0.25) is 0 Å². The van der Waals surface area contributed by atoms with E-state index < -0.39 is 11.9 Å². The zero-order valence-corrected chi connectivity index (χ0v) is 11.2. The van der Waals surface area contributed by atoms with Gasteiger partial charge in [-0.3, -0.25) is 9.59 Å². The van der Waals surface area contributed by atoms with E-state index in [0.29, 0.717) is 0 Å². The van der Waals surface area contributed by atoms with E-state index in [0.717, 1.165) is 10.5 Å². The fraction of sp³-hybridized carbons (Fsp3) is 0.286. The topological polar surface area (TPSA) is 54.4 Å². The van der Waals surface area contributed by atoms with Crippen molar-refractivity contribution in [3.05, 3.63) is 35.9 Å². The summed E-state index contributed by atoms with van der Waals surface area (Å²) in [5.41, 5.74) is 0.934. The molecule has 96 valence electrons. The number of ketones is 1. The number of hydrogen-bond donors (Lipinski definition) is 1. The van der Waals surface area contributed by atoms with Crippen molar-refractivity contribution in [2.24, 2.45) is 5.92 Å². The summed E-state index contributed by atoms with van der Waals surface area (Å²) < 4.78 is 0. The maximum atomic E-state index is 11.6. The van der Waals surface area contributed by atoms with Crippen molar-refractivity contribution in [1.82, 2.24) is 0 Å². The molecule has 1 unspecified atom stereocenters. The van der Waals surface area contributed by atoms with Crippen LogP contribution in [0.15, 0.2) is 35.2 Å². The van der Waals surface area contributed by atoms with Gasteiger partial charge in [-0.05, 0) is 30.0 Å². The molecule has 0 aliphatic carbocycles. The Hall–Kier alpha value is -1.55. The van der Waals surface area contributed by atoms with Gasteiger partial charge < -0.3 is 5.11 Å². The molecule has 0 bridgehead atoms. The summed E-state index contributed by atoms with van der Waals surface area (Å²) in [6, 6.07) is 7.82. The standard InChI is InChI=1S/C14H16O3S/c1-10(9-14(16)17)13(15)8-5-11-3-6-12(18-2)7-4-11/h3-8,10H,9H2,1-2H3,(H,16,17). The quantitative estimate of drug-likeness (QED) is 0.633. The second-order valence-electron chi connectivity index (χ2n) is 4.01. The number of thioether (sulfide) groups is 1. The molecule has 0 saturated carbocycles. The highest BCUT2D eigenvalue weighted by atomic mass is 32.2. The average Bonchev–Trinajstić information content (AvgIpc) is 2.35. The molecule has 4 heteroatoms. The zero-order chi connectivity index (χ0) is 13.5. The Labute approximate surface area is 111 Å². The van der Waals surface area contributed by atoms with Crippen LogP contribution in [0, 0.1) is 5.92 Å². The second-order valence-corrected chi connectivity index (χ2v) is 4.89. The number of carbonyl (C=O) groups excluding carboxylic acids is 1. The number of hydrogen-bond acceptors (Lipinski definition) is 3. The van der Waals surface area contributed by atoms with Crippen molar-refractivity contribution in [1.29, 1.82) is 0 Å². The van der Waals surface area contributed by atoms with Crippen molar-refractivity contribution in [2.45, 2.75) is 18.2 Å². The predicted octanol–water partition coefficient (Wildman–Crippen LogP) is 3.10. The van der Waals surface area contributed by atoms with Crippen molar-refractivity contribution in [3.63, 3.8) is 0 Å². The Balaban J connectivity index is 2.62. The molecular weight excluding hydrogens is 248 g/mol. The summed E-state index contributed by atoms with van der Waals surface area (Å²) in [7, 11) is 0. The SMILES string of the molecule is CSc1ccc(C=CC(=O)C(C)CC(=O)O)cc1. The molecule has 0 spiro atoms. The minimum atomic E-state index is -0.950. The molecule has 0 amide bonds. The van der Waals surface area contributed by atoms with Gasteiger partial charge in [-0.25, -0.2) is 0 Å². The Bertz CT molecular complexity index is 449. The Morgan fingerprint density at radius 2 is 1.94 bits per heavy atom. The van der Waals surface area contributed by atoms with Crippen molar-refractivity contribution in [2.75, 3.05) is 6.26 Å². The smallest absolute Gasteiger partial charge is 0.304 e. The Kier molecular flexibility index (Phi) is 5.65. The molecule has 1 N–H and O–H groups in total. The predicted molar refractivity (Wildman–Crippen MR) is 73.7 cm³/mol. The van der Waals surface area contributed by atoms with Crippen LogP contribution in [0.5, 0.6) is 0 Å². The number of carbonyl (C=O) groups is 2. The van der Waals surface area contributed by atoms with Crippen LogP contribution < -0.4 is 0 Å². The van der Waals surface area contributed by atoms with E-state index in [2.05, 4.69) is 0 Å². The molecule has 3 nitrogen and oxygen atoms in total. The number of rotatable bonds is 6. The van der Waals surface area contributed by atoms with Crippen LogP contribution >= 0.6 is 11.8 Å². The molecule has 0 radical (unpaired) electrons. The average molecular weight is 264 g/mol. The van der Waals surface area contributed by atoms with Crippen molar-refractivity contribution >= 4 is 29.6 Å². The molecule has 0 aliphatic rings. The molecule has 1 aromatic carbocycles. The molecule has 1 rings (SSSR count). The first kappa shape index (κ1) is 14.5. The number of allylic oxidation sites excluding steroid dienone is 1. The monoisotopic (exact) mass is 264 g/mol. The van der Waals surface area contributed by atoms with Crippen molar-refractivity contribution in [3.8, 4) is 0 Å². The highest BCUT2D eigenvalue weighted by Crippen LogP contribution is 2.15. The highest BCUT2D eigenvalue weighted by molar-refractivity contribution is 7.98. The van der Waals surface area contributed by atoms with Gasteiger partial charge in [-0.1, -0.05) is 25.1 Å². The van der Waals surface area contributed by atoms with Gasteiger partial charge in [-0.15, -0.1) is 11.8 Å². The van der Waals surface area contributed by atoms with Crippen LogP contribution in [0.4, 0.5) is 0 Å². The van der Waals surface area contributed by atoms with E-state index in [1.807, 2.05) is 30.5 Å². The fourth-order valence-corrected chi connectivity index (χ4v) is 1.83. The maximum absolute atomic E-state index is 11.6. The zero-order valence-electron chi connectivity index (χ0n) is 10.4. The molecule has 0 fully saturated rings. The Morgan fingerprint density at radius 1 is 1.33 bits per heavy atom. The van der Waals surface area contributed by atoms with Crippen LogP contribution in [0.25, 0.3) is 6.08 Å². The normalized spacial score (nSPS) is 12.6. The number of aliphatic carboxylic acids is 1. The van der Waals surface area contributed by atoms with E-state index >= 15 is 0 Å². The highest BCUT2D eigenvalue weighted by Gasteiger charge is 2.13. The number of carboxylic acids is 1. The Morgan fingerprint density at radius 3 is 2.44 bits per heavy atom. The minimum Gasteiger partial charge on any atom is -0.481 e. The molecule has 1 aromatic rings. The van der Waals surface area contributed by atoms with Gasteiger partial charge in [0.25, 0.3) is 0 Å². The minimum absolute atomic E-state index is 0.130. The van der Waals surface area contributed by atoms with Crippen LogP contribution in [-0.4, -0.2) is 23.1 Å². The van der Waals surface area contributed by atoms with Gasteiger partial charge in [0.05, 0.1) is 6.42 Å². The van der Waals surface area contributed by atoms with Crippen LogP contribution in [-0.2, 0) is 9.59 Å². The van der Waals surface area contributed by atoms with Gasteiger partial charge in [0.2, 0.25) is 0 Å². The number of carboxylic acid groups (broad SMARTS) is 1. The van der Waals surface area contributed by atoms with Crippen molar-refractivity contribution < 1.29 is 14.7 Å². The van der Waals surface area contributed by atoms with E-state index in [-0.39, 0.29) is 12.2 Å². The van der Waals surface area contributed by atoms with E-state index in [1.54, 1.807) is 24.8 Å². The lowest BCUT2D eigenvalue weighted by atomic mass is 10.0. The van der Waals surface area contributed by atoms with Gasteiger partial charge in [0.15, 0.2) is 5.78 Å². The summed E-state index contributed by atoms with van der Waals surface area (Å²) in [5, 5.41) is 8.60. The lowest BCUT2D eigenvalue weighted by Gasteiger charge is -2.03. The third-order valence-corrected chi connectivity index (χ3v) is 3.27. The van der Waals surface area contributed by atoms with Gasteiger partial charge >= 0.3 is 5.97 Å². The molecule has 0 aliphatic heterocycles. The van der Waals surface area contributed by atoms with E-state index in [1.165, 1.54) is 6.08 Å². The summed E-state index contributed by atoms with van der Waals surface area (Å²) in [6.07, 6.45) is 5.03. The van der Waals surface area contributed by atoms with E-state index in [9.17, 15) is 9.59 Å². The van der Waals surface area contributed by atoms with Crippen LogP contribution in [0.3, 0.4) is 0 Å². The first-order valence-corrected chi connectivity index (χ1v) is 6.83. The molecule has 1 atom stereocenters. The van der Waals surface area contributed by atoms with Gasteiger partial charge in [0, 0.05) is 10.8 Å². The van der Waals surface area contributed by atoms with E-state index in [4.69, 9.17) is 5.11 Å². The van der Waals surface area contributed by atoms with Gasteiger partial charge in [0.1, 0.15) is 0 Å². The maximum Gasteiger partial charge on any atom is 0.304 e.